The van der Waals surface area contributed by atoms with Crippen LogP contribution in [0, 0.1) is 0 Å². The first-order valence-electron chi connectivity index (χ1n) is 8.99. The Balaban J connectivity index is 1.56. The molecule has 0 fully saturated rings. The molecule has 0 bridgehead atoms. The van der Waals surface area contributed by atoms with Crippen LogP contribution in [0.5, 0.6) is 23.0 Å². The maximum atomic E-state index is 12.4. The van der Waals surface area contributed by atoms with E-state index in [0.29, 0.717) is 36.0 Å². The van der Waals surface area contributed by atoms with Crippen molar-refractivity contribution in [2.75, 3.05) is 34.5 Å². The van der Waals surface area contributed by atoms with Crippen molar-refractivity contribution in [3.63, 3.8) is 0 Å². The fourth-order valence-corrected chi connectivity index (χ4v) is 3.29. The predicted molar refractivity (Wildman–Crippen MR) is 102 cm³/mol. The molecule has 6 nitrogen and oxygen atoms in total. The molecule has 0 radical (unpaired) electrons. The van der Waals surface area contributed by atoms with E-state index < -0.39 is 0 Å². The number of benzene rings is 2. The third kappa shape index (κ3) is 4.27. The lowest BCUT2D eigenvalue weighted by Crippen LogP contribution is -2.28. The van der Waals surface area contributed by atoms with Crippen LogP contribution >= 0.6 is 0 Å². The molecule has 27 heavy (non-hydrogen) atoms. The van der Waals surface area contributed by atoms with E-state index >= 15 is 0 Å². The highest BCUT2D eigenvalue weighted by atomic mass is 16.5. The smallest absolute Gasteiger partial charge is 0.251 e. The largest absolute Gasteiger partial charge is 0.493 e. The first-order valence-corrected chi connectivity index (χ1v) is 8.99. The molecule has 0 saturated heterocycles. The molecule has 0 spiro atoms. The number of hydrogen-bond donors (Lipinski definition) is 1. The lowest BCUT2D eigenvalue weighted by molar-refractivity contribution is 0.0946. The molecule has 0 heterocycles. The van der Waals surface area contributed by atoms with E-state index in [-0.39, 0.29) is 5.91 Å². The SMILES string of the molecule is COc1cc(C(=O)NCCOc2ccc3c(c2)CCC3)cc(OC)c1OC. The van der Waals surface area contributed by atoms with Crippen LogP contribution in [0.2, 0.25) is 0 Å². The number of ether oxygens (including phenoxy) is 4. The fraction of sp³-hybridized carbons (Fsp3) is 0.381. The maximum absolute atomic E-state index is 12.4. The molecule has 0 aromatic heterocycles. The highest BCUT2D eigenvalue weighted by Crippen LogP contribution is 2.38. The van der Waals surface area contributed by atoms with Crippen LogP contribution in [-0.4, -0.2) is 40.4 Å². The van der Waals surface area contributed by atoms with Gasteiger partial charge in [0, 0.05) is 5.56 Å². The van der Waals surface area contributed by atoms with Crippen molar-refractivity contribution in [1.82, 2.24) is 5.32 Å². The zero-order valence-electron chi connectivity index (χ0n) is 16.0. The molecule has 2 aromatic carbocycles. The summed E-state index contributed by atoms with van der Waals surface area (Å²) in [6, 6.07) is 9.47. The van der Waals surface area contributed by atoms with Gasteiger partial charge in [-0.1, -0.05) is 6.07 Å². The van der Waals surface area contributed by atoms with Gasteiger partial charge in [0.2, 0.25) is 5.75 Å². The van der Waals surface area contributed by atoms with Crippen molar-refractivity contribution in [2.24, 2.45) is 0 Å². The Kier molecular flexibility index (Phi) is 6.06. The number of rotatable bonds is 8. The van der Waals surface area contributed by atoms with Crippen molar-refractivity contribution < 1.29 is 23.7 Å². The second kappa shape index (κ2) is 8.66. The number of amides is 1. The van der Waals surface area contributed by atoms with Crippen LogP contribution in [0.15, 0.2) is 30.3 Å². The quantitative estimate of drug-likeness (QED) is 0.723. The minimum absolute atomic E-state index is 0.230. The average Bonchev–Trinajstić information content (AvgIpc) is 3.17. The Morgan fingerprint density at radius 3 is 2.33 bits per heavy atom. The predicted octanol–water partition coefficient (Wildman–Crippen LogP) is 3.01. The van der Waals surface area contributed by atoms with Crippen molar-refractivity contribution in [1.29, 1.82) is 0 Å². The summed E-state index contributed by atoms with van der Waals surface area (Å²) in [5.41, 5.74) is 3.22. The number of methoxy groups -OCH3 is 3. The Labute approximate surface area is 159 Å². The molecule has 144 valence electrons. The Morgan fingerprint density at radius 1 is 0.963 bits per heavy atom. The molecule has 1 amide bonds. The van der Waals surface area contributed by atoms with Crippen molar-refractivity contribution in [3.8, 4) is 23.0 Å². The number of carbonyl (C=O) groups excluding carboxylic acids is 1. The highest BCUT2D eigenvalue weighted by Gasteiger charge is 2.17. The van der Waals surface area contributed by atoms with E-state index in [9.17, 15) is 4.79 Å². The van der Waals surface area contributed by atoms with Gasteiger partial charge in [-0.3, -0.25) is 4.79 Å². The summed E-state index contributed by atoms with van der Waals surface area (Å²) in [4.78, 5) is 12.4. The third-order valence-electron chi connectivity index (χ3n) is 4.65. The van der Waals surface area contributed by atoms with Crippen LogP contribution < -0.4 is 24.3 Å². The van der Waals surface area contributed by atoms with Gasteiger partial charge in [-0.2, -0.15) is 0 Å². The van der Waals surface area contributed by atoms with Crippen LogP contribution in [0.3, 0.4) is 0 Å². The summed E-state index contributed by atoms with van der Waals surface area (Å²) in [5, 5.41) is 2.85. The van der Waals surface area contributed by atoms with E-state index in [4.69, 9.17) is 18.9 Å². The van der Waals surface area contributed by atoms with E-state index in [0.717, 1.165) is 18.6 Å². The third-order valence-corrected chi connectivity index (χ3v) is 4.65. The first-order chi connectivity index (χ1) is 13.2. The number of nitrogens with one attached hydrogen (secondary N) is 1. The van der Waals surface area contributed by atoms with Gasteiger partial charge in [0.05, 0.1) is 27.9 Å². The normalized spacial score (nSPS) is 12.3. The summed E-state index contributed by atoms with van der Waals surface area (Å²) in [5.74, 6) is 1.95. The van der Waals surface area contributed by atoms with Gasteiger partial charge in [-0.15, -0.1) is 0 Å². The summed E-state index contributed by atoms with van der Waals surface area (Å²) in [7, 11) is 4.56. The molecule has 3 rings (SSSR count). The lowest BCUT2D eigenvalue weighted by atomic mass is 10.1. The standard InChI is InChI=1S/C21H25NO5/c1-24-18-12-16(13-19(25-2)20(18)26-3)21(23)22-9-10-27-17-8-7-14-5-4-6-15(14)11-17/h7-8,11-13H,4-6,9-10H2,1-3H3,(H,22,23). The minimum Gasteiger partial charge on any atom is -0.493 e. The molecule has 2 aromatic rings. The van der Waals surface area contributed by atoms with Crippen LogP contribution in [0.25, 0.3) is 0 Å². The van der Waals surface area contributed by atoms with Gasteiger partial charge < -0.3 is 24.3 Å². The molecule has 6 heteroatoms. The Morgan fingerprint density at radius 2 is 1.67 bits per heavy atom. The zero-order valence-corrected chi connectivity index (χ0v) is 16.0. The second-order valence-electron chi connectivity index (χ2n) is 6.30. The highest BCUT2D eigenvalue weighted by molar-refractivity contribution is 5.95. The van der Waals surface area contributed by atoms with Gasteiger partial charge in [-0.05, 0) is 54.7 Å². The van der Waals surface area contributed by atoms with Crippen molar-refractivity contribution in [3.05, 3.63) is 47.0 Å². The van der Waals surface area contributed by atoms with Gasteiger partial charge in [0.1, 0.15) is 12.4 Å². The molecular formula is C21H25NO5. The van der Waals surface area contributed by atoms with Gasteiger partial charge >= 0.3 is 0 Å². The molecule has 0 unspecified atom stereocenters. The Hall–Kier alpha value is -2.89. The lowest BCUT2D eigenvalue weighted by Gasteiger charge is -2.14. The van der Waals surface area contributed by atoms with Crippen molar-refractivity contribution >= 4 is 5.91 Å². The topological polar surface area (TPSA) is 66.0 Å². The zero-order chi connectivity index (χ0) is 19.2. The van der Waals surface area contributed by atoms with E-state index in [1.807, 2.05) is 6.07 Å². The van der Waals surface area contributed by atoms with Crippen LogP contribution in [-0.2, 0) is 12.8 Å². The maximum Gasteiger partial charge on any atom is 0.251 e. The molecule has 1 N–H and O–H groups in total. The fourth-order valence-electron chi connectivity index (χ4n) is 3.29. The van der Waals surface area contributed by atoms with Gasteiger partial charge in [-0.25, -0.2) is 0 Å². The molecule has 0 aliphatic heterocycles. The summed E-state index contributed by atoms with van der Waals surface area (Å²) < 4.78 is 21.6. The molecular weight excluding hydrogens is 346 g/mol. The first kappa shape index (κ1) is 18.9. The molecule has 0 saturated carbocycles. The van der Waals surface area contributed by atoms with E-state index in [1.54, 1.807) is 12.1 Å². The Bertz CT molecular complexity index is 793. The number of hydrogen-bond acceptors (Lipinski definition) is 5. The average molecular weight is 371 g/mol. The molecule has 1 aliphatic rings. The second-order valence-corrected chi connectivity index (χ2v) is 6.30. The van der Waals surface area contributed by atoms with Crippen LogP contribution in [0.1, 0.15) is 27.9 Å². The van der Waals surface area contributed by atoms with Gasteiger partial charge in [0.25, 0.3) is 5.91 Å². The van der Waals surface area contributed by atoms with Crippen molar-refractivity contribution in [2.45, 2.75) is 19.3 Å². The van der Waals surface area contributed by atoms with E-state index in [2.05, 4.69) is 17.4 Å². The van der Waals surface area contributed by atoms with Gasteiger partial charge in [0.15, 0.2) is 11.5 Å². The molecule has 1 aliphatic carbocycles. The monoisotopic (exact) mass is 371 g/mol. The number of fused-ring (bicyclic) bond motifs is 1. The van der Waals surface area contributed by atoms with Crippen LogP contribution in [0.4, 0.5) is 0 Å². The van der Waals surface area contributed by atoms with E-state index in [1.165, 1.54) is 38.9 Å². The number of aryl methyl sites for hydroxylation is 2. The molecule has 0 atom stereocenters. The summed E-state index contributed by atoms with van der Waals surface area (Å²) in [6.45, 7) is 0.793. The number of carbonyl (C=O) groups is 1. The summed E-state index contributed by atoms with van der Waals surface area (Å²) >= 11 is 0. The summed E-state index contributed by atoms with van der Waals surface area (Å²) in [6.07, 6.45) is 3.48. The minimum atomic E-state index is -0.230.